The SMILES string of the molecule is CC(N)c1ccc(NS(=O)(=O)CC2CC2)cc1. The van der Waals surface area contributed by atoms with Crippen LogP contribution in [-0.2, 0) is 10.0 Å². The van der Waals surface area contributed by atoms with Crippen molar-refractivity contribution in [2.24, 2.45) is 11.7 Å². The van der Waals surface area contributed by atoms with Crippen molar-refractivity contribution < 1.29 is 8.42 Å². The molecular formula is C12H18N2O2S. The van der Waals surface area contributed by atoms with Crippen LogP contribution in [0.25, 0.3) is 0 Å². The largest absolute Gasteiger partial charge is 0.324 e. The minimum Gasteiger partial charge on any atom is -0.324 e. The standard InChI is InChI=1S/C12H18N2O2S/c1-9(13)11-4-6-12(7-5-11)14-17(15,16)8-10-2-3-10/h4-7,9-10,14H,2-3,8,13H2,1H3. The fraction of sp³-hybridized carbons (Fsp3) is 0.500. The second-order valence-corrected chi connectivity index (χ2v) is 6.50. The summed E-state index contributed by atoms with van der Waals surface area (Å²) in [6, 6.07) is 7.16. The van der Waals surface area contributed by atoms with Gasteiger partial charge < -0.3 is 5.73 Å². The molecule has 0 aromatic heterocycles. The summed E-state index contributed by atoms with van der Waals surface area (Å²) in [5.41, 5.74) is 7.33. The highest BCUT2D eigenvalue weighted by Gasteiger charge is 2.27. The normalized spacial score (nSPS) is 17.8. The van der Waals surface area contributed by atoms with Crippen LogP contribution in [0.15, 0.2) is 24.3 Å². The average Bonchev–Trinajstić information content (AvgIpc) is 3.00. The van der Waals surface area contributed by atoms with Crippen molar-refractivity contribution in [2.45, 2.75) is 25.8 Å². The van der Waals surface area contributed by atoms with Crippen molar-refractivity contribution in [3.8, 4) is 0 Å². The van der Waals surface area contributed by atoms with E-state index in [2.05, 4.69) is 4.72 Å². The number of hydrogen-bond donors (Lipinski definition) is 2. The molecular weight excluding hydrogens is 236 g/mol. The lowest BCUT2D eigenvalue weighted by molar-refractivity contribution is 0.597. The van der Waals surface area contributed by atoms with Crippen LogP contribution < -0.4 is 10.5 Å². The number of rotatable bonds is 5. The number of nitrogens with one attached hydrogen (secondary N) is 1. The van der Waals surface area contributed by atoms with Crippen molar-refractivity contribution in [2.75, 3.05) is 10.5 Å². The summed E-state index contributed by atoms with van der Waals surface area (Å²) in [6.07, 6.45) is 2.06. The monoisotopic (exact) mass is 254 g/mol. The summed E-state index contributed by atoms with van der Waals surface area (Å²) in [7, 11) is -3.19. The number of nitrogens with two attached hydrogens (primary N) is 1. The first-order chi connectivity index (χ1) is 7.96. The zero-order valence-corrected chi connectivity index (χ0v) is 10.7. The van der Waals surface area contributed by atoms with Crippen LogP contribution in [-0.4, -0.2) is 14.2 Å². The van der Waals surface area contributed by atoms with Crippen molar-refractivity contribution in [3.05, 3.63) is 29.8 Å². The van der Waals surface area contributed by atoms with E-state index in [0.717, 1.165) is 18.4 Å². The maximum absolute atomic E-state index is 11.7. The highest BCUT2D eigenvalue weighted by atomic mass is 32.2. The topological polar surface area (TPSA) is 72.2 Å². The van der Waals surface area contributed by atoms with E-state index in [-0.39, 0.29) is 11.8 Å². The highest BCUT2D eigenvalue weighted by Crippen LogP contribution is 2.30. The second kappa shape index (κ2) is 4.66. The molecule has 0 bridgehead atoms. The van der Waals surface area contributed by atoms with Gasteiger partial charge in [-0.2, -0.15) is 0 Å². The molecule has 1 aliphatic carbocycles. The molecule has 1 atom stereocenters. The predicted molar refractivity (Wildman–Crippen MR) is 69.2 cm³/mol. The molecule has 1 fully saturated rings. The van der Waals surface area contributed by atoms with Gasteiger partial charge in [0.05, 0.1) is 5.75 Å². The highest BCUT2D eigenvalue weighted by molar-refractivity contribution is 7.92. The second-order valence-electron chi connectivity index (χ2n) is 4.74. The van der Waals surface area contributed by atoms with Gasteiger partial charge in [-0.15, -0.1) is 0 Å². The minimum atomic E-state index is -3.19. The van der Waals surface area contributed by atoms with E-state index in [1.807, 2.05) is 19.1 Å². The van der Waals surface area contributed by atoms with Gasteiger partial charge in [0.15, 0.2) is 0 Å². The van der Waals surface area contributed by atoms with Gasteiger partial charge in [0.25, 0.3) is 0 Å². The number of hydrogen-bond acceptors (Lipinski definition) is 3. The van der Waals surface area contributed by atoms with Gasteiger partial charge in [0.1, 0.15) is 0 Å². The third-order valence-corrected chi connectivity index (χ3v) is 4.32. The van der Waals surface area contributed by atoms with Crippen LogP contribution in [0.2, 0.25) is 0 Å². The van der Waals surface area contributed by atoms with Crippen LogP contribution in [0.5, 0.6) is 0 Å². The molecule has 0 spiro atoms. The van der Waals surface area contributed by atoms with Gasteiger partial charge in [-0.05, 0) is 43.4 Å². The Morgan fingerprint density at radius 2 is 1.94 bits per heavy atom. The Bertz CT molecular complexity index is 476. The number of sulfonamides is 1. The molecule has 17 heavy (non-hydrogen) atoms. The molecule has 94 valence electrons. The number of anilines is 1. The molecule has 5 heteroatoms. The first kappa shape index (κ1) is 12.4. The summed E-state index contributed by atoms with van der Waals surface area (Å²) >= 11 is 0. The van der Waals surface area contributed by atoms with E-state index in [1.165, 1.54) is 0 Å². The van der Waals surface area contributed by atoms with Gasteiger partial charge in [-0.1, -0.05) is 12.1 Å². The lowest BCUT2D eigenvalue weighted by Gasteiger charge is -2.09. The lowest BCUT2D eigenvalue weighted by Crippen LogP contribution is -2.17. The van der Waals surface area contributed by atoms with E-state index in [1.54, 1.807) is 12.1 Å². The van der Waals surface area contributed by atoms with Crippen molar-refractivity contribution in [1.82, 2.24) is 0 Å². The van der Waals surface area contributed by atoms with Gasteiger partial charge in [0, 0.05) is 11.7 Å². The van der Waals surface area contributed by atoms with Crippen LogP contribution in [0.1, 0.15) is 31.4 Å². The molecule has 1 unspecified atom stereocenters. The quantitative estimate of drug-likeness (QED) is 0.842. The van der Waals surface area contributed by atoms with Crippen molar-refractivity contribution in [1.29, 1.82) is 0 Å². The molecule has 0 amide bonds. The van der Waals surface area contributed by atoms with Gasteiger partial charge in [-0.25, -0.2) is 8.42 Å². The molecule has 1 aromatic carbocycles. The van der Waals surface area contributed by atoms with Crippen LogP contribution in [0.3, 0.4) is 0 Å². The molecule has 4 nitrogen and oxygen atoms in total. The molecule has 1 saturated carbocycles. The molecule has 0 radical (unpaired) electrons. The summed E-state index contributed by atoms with van der Waals surface area (Å²) in [5.74, 6) is 0.595. The van der Waals surface area contributed by atoms with E-state index < -0.39 is 10.0 Å². The maximum atomic E-state index is 11.7. The fourth-order valence-corrected chi connectivity index (χ4v) is 3.20. The van der Waals surface area contributed by atoms with Crippen molar-refractivity contribution >= 4 is 15.7 Å². The molecule has 1 aliphatic rings. The summed E-state index contributed by atoms with van der Waals surface area (Å²) in [5, 5.41) is 0. The maximum Gasteiger partial charge on any atom is 0.232 e. The Balaban J connectivity index is 2.02. The third-order valence-electron chi connectivity index (χ3n) is 2.86. The molecule has 2 rings (SSSR count). The first-order valence-corrected chi connectivity index (χ1v) is 7.47. The van der Waals surface area contributed by atoms with E-state index in [9.17, 15) is 8.42 Å². The van der Waals surface area contributed by atoms with Crippen LogP contribution in [0, 0.1) is 5.92 Å². The molecule has 0 aliphatic heterocycles. The van der Waals surface area contributed by atoms with Crippen LogP contribution in [0.4, 0.5) is 5.69 Å². The van der Waals surface area contributed by atoms with Gasteiger partial charge >= 0.3 is 0 Å². The zero-order chi connectivity index (χ0) is 12.5. The molecule has 3 N–H and O–H groups in total. The third kappa shape index (κ3) is 3.71. The molecule has 1 aromatic rings. The fourth-order valence-electron chi connectivity index (χ4n) is 1.67. The Morgan fingerprint density at radius 1 is 1.35 bits per heavy atom. The smallest absolute Gasteiger partial charge is 0.232 e. The Hall–Kier alpha value is -1.07. The van der Waals surface area contributed by atoms with E-state index in [4.69, 9.17) is 5.73 Å². The lowest BCUT2D eigenvalue weighted by atomic mass is 10.1. The first-order valence-electron chi connectivity index (χ1n) is 5.82. The minimum absolute atomic E-state index is 0.0351. The van der Waals surface area contributed by atoms with E-state index in [0.29, 0.717) is 11.6 Å². The summed E-state index contributed by atoms with van der Waals surface area (Å²) < 4.78 is 26.1. The predicted octanol–water partition coefficient (Wildman–Crippen LogP) is 1.86. The zero-order valence-electron chi connectivity index (χ0n) is 9.89. The van der Waals surface area contributed by atoms with Gasteiger partial charge in [-0.3, -0.25) is 4.72 Å². The summed E-state index contributed by atoms with van der Waals surface area (Å²) in [6.45, 7) is 1.90. The summed E-state index contributed by atoms with van der Waals surface area (Å²) in [4.78, 5) is 0. The Kier molecular flexibility index (Phi) is 3.40. The Labute approximate surface area is 102 Å². The molecule has 0 saturated heterocycles. The Morgan fingerprint density at radius 3 is 2.41 bits per heavy atom. The van der Waals surface area contributed by atoms with Gasteiger partial charge in [0.2, 0.25) is 10.0 Å². The van der Waals surface area contributed by atoms with Crippen molar-refractivity contribution in [3.63, 3.8) is 0 Å². The average molecular weight is 254 g/mol. The number of benzene rings is 1. The van der Waals surface area contributed by atoms with Crippen LogP contribution >= 0.6 is 0 Å². The molecule has 0 heterocycles. The van der Waals surface area contributed by atoms with E-state index >= 15 is 0 Å².